The molecule has 0 atom stereocenters. The van der Waals surface area contributed by atoms with Crippen LogP contribution in [0.4, 0.5) is 17.1 Å². The van der Waals surface area contributed by atoms with E-state index in [0.717, 1.165) is 183 Å². The molecule has 17 heteroatoms. The average Bonchev–Trinajstić information content (AvgIpc) is 3.41. The topological polar surface area (TPSA) is 182 Å². The molecule has 17 nitrogen and oxygen atoms in total. The standard InChI is InChI=1S/2C20H27N3O3.C19H27N3O2/c1-3-26-20(24)17-14-22-18-6-5-15(2)13-16(18)19(17)21-7-4-8-23-9-11-25-12-10-23;1-3-26-20(24)17-14-22-18-15(2)6-4-7-16(18)19(17)21-8-5-9-23-10-12-25-13-11-23;1-6-24-19(23)16-12-21-17-14(3)10-13(2)11-15(17)18(16)20-8-7-9-22(4)5/h5-6,13-14H,3-4,7-12H2,1-2H3,(H,21,22);4,6-7,14H,3,5,8-13H2,1-2H3,(H,21,22);10-12H,6-9H2,1-5H3,(H,20,21). The van der Waals surface area contributed by atoms with E-state index in [1.165, 1.54) is 0 Å². The van der Waals surface area contributed by atoms with Crippen molar-refractivity contribution < 1.29 is 38.1 Å². The Morgan fingerprint density at radius 3 is 1.53 bits per heavy atom. The number of aryl methyl sites for hydroxylation is 4. The molecule has 2 saturated heterocycles. The Hall–Kier alpha value is -6.50. The highest BCUT2D eigenvalue weighted by Crippen LogP contribution is 2.32. The fourth-order valence-electron chi connectivity index (χ4n) is 9.29. The Morgan fingerprint density at radius 1 is 0.553 bits per heavy atom. The second kappa shape index (κ2) is 30.3. The fourth-order valence-corrected chi connectivity index (χ4v) is 9.29. The number of para-hydroxylation sites is 1. The van der Waals surface area contributed by atoms with E-state index in [1.54, 1.807) is 18.6 Å². The molecule has 3 N–H and O–H groups in total. The van der Waals surface area contributed by atoms with Crippen molar-refractivity contribution in [3.63, 3.8) is 0 Å². The largest absolute Gasteiger partial charge is 0.462 e. The smallest absolute Gasteiger partial charge is 0.341 e. The molecule has 6 aromatic rings. The van der Waals surface area contributed by atoms with E-state index in [2.05, 4.69) is 84.8 Å². The van der Waals surface area contributed by atoms with Crippen LogP contribution >= 0.6 is 0 Å². The van der Waals surface area contributed by atoms with Gasteiger partial charge in [-0.2, -0.15) is 0 Å². The maximum Gasteiger partial charge on any atom is 0.341 e. The van der Waals surface area contributed by atoms with Crippen molar-refractivity contribution >= 4 is 67.7 Å². The average molecular weight is 1040 g/mol. The third-order valence-corrected chi connectivity index (χ3v) is 13.1. The summed E-state index contributed by atoms with van der Waals surface area (Å²) in [5, 5.41) is 13.3. The van der Waals surface area contributed by atoms with E-state index < -0.39 is 0 Å². The summed E-state index contributed by atoms with van der Waals surface area (Å²) in [5.74, 6) is -1.00. The number of rotatable bonds is 21. The first kappa shape index (κ1) is 58.8. The minimum atomic E-state index is -0.334. The number of nitrogens with one attached hydrogen (secondary N) is 3. The fraction of sp³-hybridized carbons (Fsp3) is 0.492. The van der Waals surface area contributed by atoms with Crippen LogP contribution in [0.3, 0.4) is 0 Å². The zero-order valence-corrected chi connectivity index (χ0v) is 46.4. The lowest BCUT2D eigenvalue weighted by Crippen LogP contribution is -2.37. The Labute approximate surface area is 449 Å². The molecule has 3 aromatic carbocycles. The number of carbonyl (C=O) groups excluding carboxylic acids is 3. The molecular weight excluding hydrogens is 963 g/mol. The molecule has 0 amide bonds. The van der Waals surface area contributed by atoms with Gasteiger partial charge in [-0.05, 0) is 131 Å². The number of hydrogen-bond donors (Lipinski definition) is 3. The molecule has 8 rings (SSSR count). The Morgan fingerprint density at radius 2 is 1.01 bits per heavy atom. The molecule has 0 spiro atoms. The van der Waals surface area contributed by atoms with Gasteiger partial charge in [-0.1, -0.05) is 41.5 Å². The molecule has 0 radical (unpaired) electrons. The quantitative estimate of drug-likeness (QED) is 0.0352. The monoisotopic (exact) mass is 1040 g/mol. The summed E-state index contributed by atoms with van der Waals surface area (Å²) >= 11 is 0. The zero-order valence-electron chi connectivity index (χ0n) is 46.4. The molecule has 0 saturated carbocycles. The van der Waals surface area contributed by atoms with Crippen LogP contribution in [0.15, 0.2) is 67.1 Å². The van der Waals surface area contributed by atoms with E-state index in [-0.39, 0.29) is 17.9 Å². The van der Waals surface area contributed by atoms with Gasteiger partial charge in [-0.25, -0.2) is 14.4 Å². The van der Waals surface area contributed by atoms with E-state index in [4.69, 9.17) is 23.7 Å². The maximum atomic E-state index is 12.3. The van der Waals surface area contributed by atoms with Crippen LogP contribution in [0, 0.1) is 27.7 Å². The molecule has 76 heavy (non-hydrogen) atoms. The second-order valence-corrected chi connectivity index (χ2v) is 19.3. The maximum absolute atomic E-state index is 12.3. The van der Waals surface area contributed by atoms with Gasteiger partial charge >= 0.3 is 17.9 Å². The number of hydrogen-bond acceptors (Lipinski definition) is 17. The highest BCUT2D eigenvalue weighted by Gasteiger charge is 2.21. The van der Waals surface area contributed by atoms with Gasteiger partial charge in [0.25, 0.3) is 0 Å². The minimum absolute atomic E-state index is 0.332. The van der Waals surface area contributed by atoms with Crippen LogP contribution < -0.4 is 16.0 Å². The molecule has 410 valence electrons. The first-order chi connectivity index (χ1) is 36.8. The number of ether oxygens (including phenoxy) is 5. The van der Waals surface area contributed by atoms with Crippen molar-refractivity contribution in [2.24, 2.45) is 0 Å². The van der Waals surface area contributed by atoms with Gasteiger partial charge in [0.2, 0.25) is 0 Å². The van der Waals surface area contributed by atoms with Gasteiger partial charge in [0, 0.05) is 80.6 Å². The van der Waals surface area contributed by atoms with Gasteiger partial charge in [0.05, 0.1) is 79.9 Å². The molecule has 2 aliphatic rings. The minimum Gasteiger partial charge on any atom is -0.462 e. The summed E-state index contributed by atoms with van der Waals surface area (Å²) in [7, 11) is 4.11. The Balaban J connectivity index is 0.000000185. The lowest BCUT2D eigenvalue weighted by atomic mass is 10.0. The van der Waals surface area contributed by atoms with Crippen LogP contribution in [0.1, 0.15) is 93.4 Å². The van der Waals surface area contributed by atoms with Crippen molar-refractivity contribution in [3.05, 3.63) is 106 Å². The SMILES string of the molecule is CCOC(=O)c1cnc2c(C)cc(C)cc2c1NCCCN(C)C.CCOC(=O)c1cnc2c(C)cccc2c1NCCCN1CCOCC1.CCOC(=O)c1cnc2ccc(C)cc2c1NCCCN1CCOCC1. The molecule has 2 aliphatic heterocycles. The van der Waals surface area contributed by atoms with Gasteiger partial charge < -0.3 is 44.5 Å². The predicted molar refractivity (Wildman–Crippen MR) is 304 cm³/mol. The molecule has 3 aromatic heterocycles. The van der Waals surface area contributed by atoms with E-state index >= 15 is 0 Å². The zero-order chi connectivity index (χ0) is 54.4. The number of morpholine rings is 2. The van der Waals surface area contributed by atoms with E-state index in [9.17, 15) is 14.4 Å². The Bertz CT molecular complexity index is 2790. The van der Waals surface area contributed by atoms with Crippen molar-refractivity contribution in [3.8, 4) is 0 Å². The third kappa shape index (κ3) is 16.7. The highest BCUT2D eigenvalue weighted by molar-refractivity contribution is 6.07. The van der Waals surface area contributed by atoms with Gasteiger partial charge in [-0.3, -0.25) is 24.8 Å². The van der Waals surface area contributed by atoms with Crippen molar-refractivity contribution in [1.29, 1.82) is 0 Å². The molecule has 5 heterocycles. The number of aromatic nitrogens is 3. The predicted octanol–water partition coefficient (Wildman–Crippen LogP) is 9.10. The summed E-state index contributed by atoms with van der Waals surface area (Å²) in [5.41, 5.74) is 11.1. The van der Waals surface area contributed by atoms with Gasteiger partial charge in [0.1, 0.15) is 16.7 Å². The van der Waals surface area contributed by atoms with Crippen LogP contribution in [0.5, 0.6) is 0 Å². The first-order valence-corrected chi connectivity index (χ1v) is 27.0. The number of benzene rings is 3. The highest BCUT2D eigenvalue weighted by atomic mass is 16.5. The van der Waals surface area contributed by atoms with Gasteiger partial charge in [-0.15, -0.1) is 0 Å². The molecule has 0 unspecified atom stereocenters. The molecule has 0 bridgehead atoms. The third-order valence-electron chi connectivity index (χ3n) is 13.1. The lowest BCUT2D eigenvalue weighted by Gasteiger charge is -2.26. The van der Waals surface area contributed by atoms with Crippen molar-refractivity contribution in [2.75, 3.05) is 142 Å². The second-order valence-electron chi connectivity index (χ2n) is 19.3. The number of nitrogens with zero attached hydrogens (tertiary/aromatic N) is 6. The van der Waals surface area contributed by atoms with Crippen LogP contribution in [0.2, 0.25) is 0 Å². The summed E-state index contributed by atoms with van der Waals surface area (Å²) in [4.78, 5) is 57.4. The normalized spacial score (nSPS) is 13.9. The van der Waals surface area contributed by atoms with Crippen molar-refractivity contribution in [2.45, 2.75) is 67.7 Å². The van der Waals surface area contributed by atoms with Gasteiger partial charge in [0.15, 0.2) is 0 Å². The first-order valence-electron chi connectivity index (χ1n) is 27.0. The number of carbonyl (C=O) groups is 3. The summed E-state index contributed by atoms with van der Waals surface area (Å²) in [6.45, 7) is 27.3. The Kier molecular flexibility index (Phi) is 23.4. The molecular formula is C59H81N9O8. The number of fused-ring (bicyclic) bond motifs is 3. The van der Waals surface area contributed by atoms with Crippen LogP contribution in [-0.4, -0.2) is 173 Å². The number of pyridine rings is 3. The number of esters is 3. The summed E-state index contributed by atoms with van der Waals surface area (Å²) in [6, 6.07) is 16.3. The summed E-state index contributed by atoms with van der Waals surface area (Å²) in [6.07, 6.45) is 7.84. The van der Waals surface area contributed by atoms with E-state index in [0.29, 0.717) is 36.5 Å². The van der Waals surface area contributed by atoms with Crippen molar-refractivity contribution in [1.82, 2.24) is 29.7 Å². The lowest BCUT2D eigenvalue weighted by molar-refractivity contribution is 0.0378. The summed E-state index contributed by atoms with van der Waals surface area (Å²) < 4.78 is 26.4. The molecule has 0 aliphatic carbocycles. The molecule has 2 fully saturated rings. The van der Waals surface area contributed by atoms with Crippen LogP contribution in [-0.2, 0) is 23.7 Å². The van der Waals surface area contributed by atoms with Crippen LogP contribution in [0.25, 0.3) is 32.7 Å². The van der Waals surface area contributed by atoms with E-state index in [1.807, 2.05) is 71.9 Å². The number of anilines is 3.